The van der Waals surface area contributed by atoms with Crippen molar-refractivity contribution in [1.82, 2.24) is 9.21 Å². The number of carbonyl (C=O) groups is 1. The van der Waals surface area contributed by atoms with Crippen LogP contribution in [-0.2, 0) is 16.4 Å². The molecule has 0 aliphatic carbocycles. The smallest absolute Gasteiger partial charge is 0.256 e. The Morgan fingerprint density at radius 3 is 2.22 bits per heavy atom. The van der Waals surface area contributed by atoms with Crippen LogP contribution >= 0.6 is 0 Å². The summed E-state index contributed by atoms with van der Waals surface area (Å²) in [7, 11) is -3.54. The third kappa shape index (κ3) is 4.14. The van der Waals surface area contributed by atoms with E-state index in [1.807, 2.05) is 12.1 Å². The molecule has 2 aromatic carbocycles. The fourth-order valence-corrected chi connectivity index (χ4v) is 4.68. The summed E-state index contributed by atoms with van der Waals surface area (Å²) in [6, 6.07) is 14.0. The molecule has 27 heavy (non-hydrogen) atoms. The first-order valence-corrected chi connectivity index (χ1v) is 10.6. The second-order valence-corrected chi connectivity index (χ2v) is 8.62. The van der Waals surface area contributed by atoms with Gasteiger partial charge in [-0.1, -0.05) is 37.6 Å². The van der Waals surface area contributed by atoms with E-state index in [1.54, 1.807) is 41.3 Å². The summed E-state index contributed by atoms with van der Waals surface area (Å²) >= 11 is 0. The SMILES string of the molecule is CCCc1ccc(S(=O)(=O)N2CCN(C(=O)c3ccccc3N)CC2)cc1. The Labute approximate surface area is 160 Å². The fourth-order valence-electron chi connectivity index (χ4n) is 3.26. The first-order valence-electron chi connectivity index (χ1n) is 9.16. The highest BCUT2D eigenvalue weighted by Gasteiger charge is 2.30. The maximum Gasteiger partial charge on any atom is 0.256 e. The molecule has 0 radical (unpaired) electrons. The molecule has 1 heterocycles. The number of nitrogens with two attached hydrogens (primary N) is 1. The van der Waals surface area contributed by atoms with Gasteiger partial charge in [0.25, 0.3) is 5.91 Å². The van der Waals surface area contributed by atoms with Crippen molar-refractivity contribution in [2.45, 2.75) is 24.7 Å². The van der Waals surface area contributed by atoms with Crippen LogP contribution < -0.4 is 5.73 Å². The van der Waals surface area contributed by atoms with Gasteiger partial charge in [-0.05, 0) is 36.2 Å². The van der Waals surface area contributed by atoms with Gasteiger partial charge in [0.15, 0.2) is 0 Å². The Hall–Kier alpha value is -2.38. The number of hydrogen-bond donors (Lipinski definition) is 1. The first kappa shape index (κ1) is 19.4. The minimum atomic E-state index is -3.54. The molecule has 1 fully saturated rings. The summed E-state index contributed by atoms with van der Waals surface area (Å²) < 4.78 is 27.2. The average molecular weight is 388 g/mol. The highest BCUT2D eigenvalue weighted by molar-refractivity contribution is 7.89. The molecule has 1 aliphatic rings. The molecule has 6 nitrogen and oxygen atoms in total. The van der Waals surface area contributed by atoms with Crippen LogP contribution in [0.15, 0.2) is 53.4 Å². The topological polar surface area (TPSA) is 83.7 Å². The van der Waals surface area contributed by atoms with E-state index in [-0.39, 0.29) is 19.0 Å². The number of nitrogens with zero attached hydrogens (tertiary/aromatic N) is 2. The minimum Gasteiger partial charge on any atom is -0.398 e. The monoisotopic (exact) mass is 387 g/mol. The van der Waals surface area contributed by atoms with Crippen molar-refractivity contribution in [3.05, 3.63) is 59.7 Å². The van der Waals surface area contributed by atoms with Crippen LogP contribution in [0.1, 0.15) is 29.3 Å². The van der Waals surface area contributed by atoms with Crippen molar-refractivity contribution >= 4 is 21.6 Å². The minimum absolute atomic E-state index is 0.158. The lowest BCUT2D eigenvalue weighted by molar-refractivity contribution is 0.0699. The molecule has 0 bridgehead atoms. The zero-order valence-corrected chi connectivity index (χ0v) is 16.3. The standard InChI is InChI=1S/C20H25N3O3S/c1-2-5-16-8-10-17(11-9-16)27(25,26)23-14-12-22(13-15-23)20(24)18-6-3-4-7-19(18)21/h3-4,6-11H,2,5,12-15,21H2,1H3. The first-order chi connectivity index (χ1) is 12.9. The van der Waals surface area contributed by atoms with Gasteiger partial charge in [0.2, 0.25) is 10.0 Å². The van der Waals surface area contributed by atoms with Crippen LogP contribution in [0.25, 0.3) is 0 Å². The molecule has 0 saturated carbocycles. The van der Waals surface area contributed by atoms with Crippen molar-refractivity contribution < 1.29 is 13.2 Å². The van der Waals surface area contributed by atoms with E-state index in [9.17, 15) is 13.2 Å². The lowest BCUT2D eigenvalue weighted by atomic mass is 10.1. The van der Waals surface area contributed by atoms with Crippen LogP contribution in [-0.4, -0.2) is 49.7 Å². The molecule has 1 amide bonds. The van der Waals surface area contributed by atoms with Gasteiger partial charge in [-0.3, -0.25) is 4.79 Å². The summed E-state index contributed by atoms with van der Waals surface area (Å²) in [6.07, 6.45) is 1.96. The highest BCUT2D eigenvalue weighted by Crippen LogP contribution is 2.20. The zero-order valence-electron chi connectivity index (χ0n) is 15.5. The van der Waals surface area contributed by atoms with Crippen molar-refractivity contribution in [1.29, 1.82) is 0 Å². The molecule has 7 heteroatoms. The van der Waals surface area contributed by atoms with E-state index in [1.165, 1.54) is 4.31 Å². The number of amides is 1. The maximum atomic E-state index is 12.9. The van der Waals surface area contributed by atoms with Gasteiger partial charge < -0.3 is 10.6 Å². The van der Waals surface area contributed by atoms with Crippen LogP contribution in [0.2, 0.25) is 0 Å². The Kier molecular flexibility index (Phi) is 5.82. The second-order valence-electron chi connectivity index (χ2n) is 6.68. The van der Waals surface area contributed by atoms with Gasteiger partial charge in [-0.25, -0.2) is 8.42 Å². The summed E-state index contributed by atoms with van der Waals surface area (Å²) in [6.45, 7) is 3.34. The summed E-state index contributed by atoms with van der Waals surface area (Å²) in [5.74, 6) is -0.158. The molecule has 1 saturated heterocycles. The van der Waals surface area contributed by atoms with Crippen molar-refractivity contribution in [3.8, 4) is 0 Å². The molecule has 2 N–H and O–H groups in total. The molecule has 0 aromatic heterocycles. The Bertz CT molecular complexity index is 902. The van der Waals surface area contributed by atoms with Crippen molar-refractivity contribution in [2.24, 2.45) is 0 Å². The lowest BCUT2D eigenvalue weighted by Crippen LogP contribution is -2.50. The van der Waals surface area contributed by atoms with Crippen LogP contribution in [0.5, 0.6) is 0 Å². The molecule has 3 rings (SSSR count). The predicted octanol–water partition coefficient (Wildman–Crippen LogP) is 2.37. The molecule has 0 spiro atoms. The quantitative estimate of drug-likeness (QED) is 0.799. The molecule has 0 atom stereocenters. The molecular weight excluding hydrogens is 362 g/mol. The highest BCUT2D eigenvalue weighted by atomic mass is 32.2. The van der Waals surface area contributed by atoms with Crippen LogP contribution in [0.4, 0.5) is 5.69 Å². The third-order valence-corrected chi connectivity index (χ3v) is 6.73. The van der Waals surface area contributed by atoms with Gasteiger partial charge >= 0.3 is 0 Å². The Morgan fingerprint density at radius 2 is 1.63 bits per heavy atom. The van der Waals surface area contributed by atoms with Gasteiger partial charge in [-0.15, -0.1) is 0 Å². The van der Waals surface area contributed by atoms with Gasteiger partial charge in [0.1, 0.15) is 0 Å². The largest absolute Gasteiger partial charge is 0.398 e. The number of benzene rings is 2. The number of rotatable bonds is 5. The number of aryl methyl sites for hydroxylation is 1. The van der Waals surface area contributed by atoms with E-state index in [4.69, 9.17) is 5.73 Å². The number of piperazine rings is 1. The number of para-hydroxylation sites is 1. The van der Waals surface area contributed by atoms with E-state index < -0.39 is 10.0 Å². The molecule has 1 aliphatic heterocycles. The van der Waals surface area contributed by atoms with Gasteiger partial charge in [0.05, 0.1) is 10.5 Å². The number of carbonyl (C=O) groups excluding carboxylic acids is 1. The fraction of sp³-hybridized carbons (Fsp3) is 0.350. The second kappa shape index (κ2) is 8.10. The molecule has 0 unspecified atom stereocenters. The number of nitrogen functional groups attached to an aromatic ring is 1. The van der Waals surface area contributed by atoms with E-state index >= 15 is 0 Å². The summed E-state index contributed by atoms with van der Waals surface area (Å²) in [5.41, 5.74) is 7.91. The van der Waals surface area contributed by atoms with Crippen molar-refractivity contribution in [3.63, 3.8) is 0 Å². The predicted molar refractivity (Wildman–Crippen MR) is 106 cm³/mol. The van der Waals surface area contributed by atoms with Crippen LogP contribution in [0, 0.1) is 0 Å². The number of hydrogen-bond acceptors (Lipinski definition) is 4. The van der Waals surface area contributed by atoms with E-state index in [2.05, 4.69) is 6.92 Å². The Balaban J connectivity index is 1.67. The Morgan fingerprint density at radius 1 is 1.00 bits per heavy atom. The van der Waals surface area contributed by atoms with E-state index in [0.29, 0.717) is 29.2 Å². The number of anilines is 1. The summed E-state index contributed by atoms with van der Waals surface area (Å²) in [5, 5.41) is 0. The maximum absolute atomic E-state index is 12.9. The van der Waals surface area contributed by atoms with E-state index in [0.717, 1.165) is 18.4 Å². The normalized spacial score (nSPS) is 15.7. The third-order valence-electron chi connectivity index (χ3n) is 4.82. The van der Waals surface area contributed by atoms with Crippen LogP contribution in [0.3, 0.4) is 0 Å². The van der Waals surface area contributed by atoms with Gasteiger partial charge in [-0.2, -0.15) is 4.31 Å². The zero-order chi connectivity index (χ0) is 19.4. The number of sulfonamides is 1. The summed E-state index contributed by atoms with van der Waals surface area (Å²) in [4.78, 5) is 14.6. The lowest BCUT2D eigenvalue weighted by Gasteiger charge is -2.34. The molecular formula is C20H25N3O3S. The van der Waals surface area contributed by atoms with Gasteiger partial charge in [0, 0.05) is 31.9 Å². The molecule has 144 valence electrons. The average Bonchev–Trinajstić information content (AvgIpc) is 2.69. The van der Waals surface area contributed by atoms with Crippen molar-refractivity contribution in [2.75, 3.05) is 31.9 Å². The molecule has 2 aromatic rings.